The number of methoxy groups -OCH3 is 1. The highest BCUT2D eigenvalue weighted by atomic mass is 79.9. The largest absolute Gasteiger partial charge is 0.496 e. The molecule has 1 fully saturated rings. The topological polar surface area (TPSA) is 46.9 Å². The maximum atomic E-state index is 13.5. The van der Waals surface area contributed by atoms with Crippen LogP contribution in [0.25, 0.3) is 10.9 Å². The Morgan fingerprint density at radius 1 is 1.20 bits per heavy atom. The third kappa shape index (κ3) is 4.53. The fourth-order valence-electron chi connectivity index (χ4n) is 4.44. The Kier molecular flexibility index (Phi) is 7.82. The molecule has 1 aromatic carbocycles. The van der Waals surface area contributed by atoms with Crippen molar-refractivity contribution in [3.8, 4) is 5.75 Å². The molecule has 0 saturated carbocycles. The number of benzene rings is 1. The fraction of sp³-hybridized carbons (Fsp3) is 0.609. The van der Waals surface area contributed by atoms with E-state index >= 15 is 0 Å². The second kappa shape index (κ2) is 10.2. The molecule has 6 nitrogen and oxygen atoms in total. The highest BCUT2D eigenvalue weighted by Gasteiger charge is 2.28. The van der Waals surface area contributed by atoms with Gasteiger partial charge in [-0.1, -0.05) is 20.8 Å². The third-order valence-corrected chi connectivity index (χ3v) is 6.80. The van der Waals surface area contributed by atoms with E-state index in [2.05, 4.69) is 51.1 Å². The number of rotatable bonds is 9. The van der Waals surface area contributed by atoms with Gasteiger partial charge in [-0.3, -0.25) is 9.80 Å². The number of hydrogen-bond acceptors (Lipinski definition) is 5. The molecule has 3 rings (SSSR count). The lowest BCUT2D eigenvalue weighted by atomic mass is 10.1. The first kappa shape index (κ1) is 23.1. The van der Waals surface area contributed by atoms with Crippen LogP contribution in [-0.4, -0.2) is 59.9 Å². The number of aryl methyl sites for hydroxylation is 1. The van der Waals surface area contributed by atoms with Gasteiger partial charge in [-0.2, -0.15) is 0 Å². The Morgan fingerprint density at radius 2 is 1.87 bits per heavy atom. The average Bonchev–Trinajstić information content (AvgIpc) is 3.34. The summed E-state index contributed by atoms with van der Waals surface area (Å²) in [6.07, 6.45) is 2.96. The summed E-state index contributed by atoms with van der Waals surface area (Å²) >= 11 is 3.59. The molecule has 1 aromatic heterocycles. The molecule has 0 radical (unpaired) electrons. The molecule has 2 heterocycles. The summed E-state index contributed by atoms with van der Waals surface area (Å²) in [5.41, 5.74) is 2.67. The number of carbonyl (C=O) groups excluding carboxylic acids is 1. The van der Waals surface area contributed by atoms with Crippen LogP contribution < -0.4 is 4.74 Å². The Bertz CT molecular complexity index is 886. The van der Waals surface area contributed by atoms with Gasteiger partial charge in [0.05, 0.1) is 22.7 Å². The quantitative estimate of drug-likeness (QED) is 0.382. The number of carbonyl (C=O) groups is 1. The SMILES string of the molecule is CCC(OC(=O)c1c(CN2CCCC2)n(C)c2cc(Br)c(OC)cc12)N(CC)CC. The first-order chi connectivity index (χ1) is 14.4. The van der Waals surface area contributed by atoms with Gasteiger partial charge in [0.1, 0.15) is 5.75 Å². The predicted octanol–water partition coefficient (Wildman–Crippen LogP) is 4.78. The van der Waals surface area contributed by atoms with Crippen molar-refractivity contribution in [3.63, 3.8) is 0 Å². The predicted molar refractivity (Wildman–Crippen MR) is 124 cm³/mol. The van der Waals surface area contributed by atoms with Crippen LogP contribution in [0.4, 0.5) is 0 Å². The van der Waals surface area contributed by atoms with Crippen molar-refractivity contribution in [3.05, 3.63) is 27.9 Å². The van der Waals surface area contributed by atoms with Crippen LogP contribution in [0.1, 0.15) is 56.1 Å². The summed E-state index contributed by atoms with van der Waals surface area (Å²) in [5.74, 6) is 0.462. The van der Waals surface area contributed by atoms with Crippen LogP contribution >= 0.6 is 15.9 Å². The molecular formula is C23H34BrN3O3. The van der Waals surface area contributed by atoms with Crippen molar-refractivity contribution in [2.24, 2.45) is 7.05 Å². The number of likely N-dealkylation sites (tertiary alicyclic amines) is 1. The number of nitrogens with zero attached hydrogens (tertiary/aromatic N) is 3. The Hall–Kier alpha value is -1.57. The van der Waals surface area contributed by atoms with Crippen LogP contribution in [0.15, 0.2) is 16.6 Å². The number of hydrogen-bond donors (Lipinski definition) is 0. The van der Waals surface area contributed by atoms with Crippen LogP contribution in [0.3, 0.4) is 0 Å². The normalized spacial score (nSPS) is 15.8. The van der Waals surface area contributed by atoms with E-state index in [0.29, 0.717) is 11.3 Å². The Balaban J connectivity index is 2.07. The summed E-state index contributed by atoms with van der Waals surface area (Å²) in [4.78, 5) is 18.1. The molecule has 0 amide bonds. The average molecular weight is 480 g/mol. The summed E-state index contributed by atoms with van der Waals surface area (Å²) in [6, 6.07) is 3.97. The number of halogens is 1. The molecule has 1 aliphatic rings. The molecule has 1 atom stereocenters. The van der Waals surface area contributed by atoms with Crippen molar-refractivity contribution in [1.29, 1.82) is 0 Å². The van der Waals surface area contributed by atoms with Gasteiger partial charge in [0, 0.05) is 24.7 Å². The first-order valence-corrected chi connectivity index (χ1v) is 11.8. The summed E-state index contributed by atoms with van der Waals surface area (Å²) in [7, 11) is 3.68. The lowest BCUT2D eigenvalue weighted by molar-refractivity contribution is -0.0306. The maximum Gasteiger partial charge on any atom is 0.342 e. The number of fused-ring (bicyclic) bond motifs is 1. The van der Waals surface area contributed by atoms with E-state index in [1.54, 1.807) is 7.11 Å². The molecule has 0 spiro atoms. The van der Waals surface area contributed by atoms with Crippen molar-refractivity contribution < 1.29 is 14.3 Å². The van der Waals surface area contributed by atoms with E-state index in [0.717, 1.165) is 60.2 Å². The van der Waals surface area contributed by atoms with Crippen molar-refractivity contribution >= 4 is 32.8 Å². The van der Waals surface area contributed by atoms with Crippen LogP contribution in [0, 0.1) is 0 Å². The van der Waals surface area contributed by atoms with Crippen molar-refractivity contribution in [2.75, 3.05) is 33.3 Å². The van der Waals surface area contributed by atoms with Gasteiger partial charge < -0.3 is 14.0 Å². The van der Waals surface area contributed by atoms with E-state index in [4.69, 9.17) is 9.47 Å². The summed E-state index contributed by atoms with van der Waals surface area (Å²) in [5, 5.41) is 0.881. The van der Waals surface area contributed by atoms with Gasteiger partial charge in [0.25, 0.3) is 0 Å². The van der Waals surface area contributed by atoms with Gasteiger partial charge in [-0.05, 0) is 73.5 Å². The molecule has 1 unspecified atom stereocenters. The van der Waals surface area contributed by atoms with Gasteiger partial charge in [-0.25, -0.2) is 4.79 Å². The summed E-state index contributed by atoms with van der Waals surface area (Å²) < 4.78 is 14.6. The standard InChI is InChI=1S/C23H34BrN3O3/c1-6-21(27(7-2)8-3)30-23(28)22-16-13-20(29-5)17(24)14-18(16)25(4)19(22)15-26-11-9-10-12-26/h13-14,21H,6-12,15H2,1-5H3. The maximum absolute atomic E-state index is 13.5. The summed E-state index contributed by atoms with van der Waals surface area (Å²) in [6.45, 7) is 10.8. The van der Waals surface area contributed by atoms with Crippen molar-refractivity contribution in [2.45, 2.75) is 52.8 Å². The molecule has 1 saturated heterocycles. The van der Waals surface area contributed by atoms with Gasteiger partial charge in [0.15, 0.2) is 6.23 Å². The van der Waals surface area contributed by atoms with E-state index in [-0.39, 0.29) is 12.2 Å². The van der Waals surface area contributed by atoms with Crippen LogP contribution in [0.2, 0.25) is 0 Å². The lowest BCUT2D eigenvalue weighted by Crippen LogP contribution is -2.38. The highest BCUT2D eigenvalue weighted by molar-refractivity contribution is 9.10. The molecule has 0 N–H and O–H groups in total. The van der Waals surface area contributed by atoms with Gasteiger partial charge in [0.2, 0.25) is 0 Å². The minimum absolute atomic E-state index is 0.222. The van der Waals surface area contributed by atoms with E-state index in [1.807, 2.05) is 19.2 Å². The zero-order chi connectivity index (χ0) is 21.8. The van der Waals surface area contributed by atoms with Crippen LogP contribution in [-0.2, 0) is 18.3 Å². The van der Waals surface area contributed by atoms with E-state index < -0.39 is 0 Å². The van der Waals surface area contributed by atoms with E-state index in [1.165, 1.54) is 12.8 Å². The zero-order valence-corrected chi connectivity index (χ0v) is 20.4. The molecule has 7 heteroatoms. The van der Waals surface area contributed by atoms with Gasteiger partial charge >= 0.3 is 5.97 Å². The second-order valence-corrected chi connectivity index (χ2v) is 8.71. The monoisotopic (exact) mass is 479 g/mol. The molecule has 2 aromatic rings. The fourth-order valence-corrected chi connectivity index (χ4v) is 4.93. The smallest absolute Gasteiger partial charge is 0.342 e. The second-order valence-electron chi connectivity index (χ2n) is 7.86. The van der Waals surface area contributed by atoms with Crippen LogP contribution in [0.5, 0.6) is 5.75 Å². The Labute approximate surface area is 188 Å². The molecular weight excluding hydrogens is 446 g/mol. The van der Waals surface area contributed by atoms with Gasteiger partial charge in [-0.15, -0.1) is 0 Å². The number of aromatic nitrogens is 1. The molecule has 0 aliphatic carbocycles. The first-order valence-electron chi connectivity index (χ1n) is 11.0. The highest BCUT2D eigenvalue weighted by Crippen LogP contribution is 2.36. The number of ether oxygens (including phenoxy) is 2. The lowest BCUT2D eigenvalue weighted by Gasteiger charge is -2.28. The molecule has 166 valence electrons. The third-order valence-electron chi connectivity index (χ3n) is 6.18. The molecule has 30 heavy (non-hydrogen) atoms. The molecule has 0 bridgehead atoms. The zero-order valence-electron chi connectivity index (χ0n) is 18.8. The minimum atomic E-state index is -0.252. The van der Waals surface area contributed by atoms with E-state index in [9.17, 15) is 4.79 Å². The number of esters is 1. The molecule has 1 aliphatic heterocycles. The Morgan fingerprint density at radius 3 is 2.43 bits per heavy atom. The minimum Gasteiger partial charge on any atom is -0.496 e. The van der Waals surface area contributed by atoms with Crippen molar-refractivity contribution in [1.82, 2.24) is 14.4 Å².